The van der Waals surface area contributed by atoms with E-state index in [0.29, 0.717) is 6.61 Å². The second kappa shape index (κ2) is 7.21. The molecular weight excluding hydrogens is 308 g/mol. The maximum atomic E-state index is 11.7. The molecule has 7 nitrogen and oxygen atoms in total. The van der Waals surface area contributed by atoms with Crippen LogP contribution in [0.1, 0.15) is 18.4 Å². The fourth-order valence-electron chi connectivity index (χ4n) is 3.76. The highest BCUT2D eigenvalue weighted by molar-refractivity contribution is 5.76. The van der Waals surface area contributed by atoms with Crippen LogP contribution in [0, 0.1) is 5.41 Å². The summed E-state index contributed by atoms with van der Waals surface area (Å²) in [7, 11) is 5.45. The van der Waals surface area contributed by atoms with Crippen molar-refractivity contribution in [2.45, 2.75) is 25.5 Å². The number of carbonyl (C=O) groups is 1. The van der Waals surface area contributed by atoms with Gasteiger partial charge in [-0.1, -0.05) is 0 Å². The number of likely N-dealkylation sites (tertiary alicyclic amines) is 1. The molecule has 2 atom stereocenters. The number of aromatic nitrogens is 2. The van der Waals surface area contributed by atoms with E-state index in [-0.39, 0.29) is 24.0 Å². The Balaban J connectivity index is 1.59. The third-order valence-electron chi connectivity index (χ3n) is 5.13. The van der Waals surface area contributed by atoms with E-state index < -0.39 is 0 Å². The lowest BCUT2D eigenvalue weighted by atomic mass is 9.77. The Morgan fingerprint density at radius 1 is 1.54 bits per heavy atom. The first-order valence-electron chi connectivity index (χ1n) is 8.58. The predicted molar refractivity (Wildman–Crippen MR) is 89.4 cm³/mol. The van der Waals surface area contributed by atoms with Crippen molar-refractivity contribution in [2.75, 3.05) is 47.0 Å². The van der Waals surface area contributed by atoms with Crippen molar-refractivity contribution in [2.24, 2.45) is 12.5 Å². The number of hydrogen-bond donors (Lipinski definition) is 0. The Morgan fingerprint density at radius 2 is 2.38 bits per heavy atom. The van der Waals surface area contributed by atoms with Crippen molar-refractivity contribution in [3.05, 3.63) is 18.0 Å². The molecule has 0 saturated carbocycles. The zero-order chi connectivity index (χ0) is 17.2. The molecule has 1 aromatic heterocycles. The van der Waals surface area contributed by atoms with Gasteiger partial charge < -0.3 is 14.4 Å². The van der Waals surface area contributed by atoms with Gasteiger partial charge in [-0.15, -0.1) is 0 Å². The molecule has 1 amide bonds. The number of aryl methyl sites for hydroxylation is 1. The Kier molecular flexibility index (Phi) is 5.22. The molecule has 0 N–H and O–H groups in total. The van der Waals surface area contributed by atoms with E-state index in [1.54, 1.807) is 19.0 Å². The molecule has 2 saturated heterocycles. The molecule has 3 rings (SSSR count). The SMILES string of the molecule is CN(C)C(=O)COC[C@]12CCO[C@H]1CCN(Cc1cnn(C)c1)C2. The van der Waals surface area contributed by atoms with Crippen LogP contribution >= 0.6 is 0 Å². The number of likely N-dealkylation sites (N-methyl/N-ethyl adjacent to an activating group) is 1. The second-order valence-electron chi connectivity index (χ2n) is 7.27. The highest BCUT2D eigenvalue weighted by atomic mass is 16.5. The van der Waals surface area contributed by atoms with Gasteiger partial charge in [0, 0.05) is 64.6 Å². The molecule has 7 heteroatoms. The van der Waals surface area contributed by atoms with E-state index in [1.165, 1.54) is 5.56 Å². The first-order valence-corrected chi connectivity index (χ1v) is 8.58. The summed E-state index contributed by atoms with van der Waals surface area (Å²) in [6, 6.07) is 0. The summed E-state index contributed by atoms with van der Waals surface area (Å²) in [5.41, 5.74) is 1.24. The molecule has 3 heterocycles. The lowest BCUT2D eigenvalue weighted by molar-refractivity contribution is -0.136. The largest absolute Gasteiger partial charge is 0.377 e. The number of fused-ring (bicyclic) bond motifs is 1. The van der Waals surface area contributed by atoms with Crippen LogP contribution in [-0.2, 0) is 27.9 Å². The Morgan fingerprint density at radius 3 is 3.08 bits per heavy atom. The maximum absolute atomic E-state index is 11.7. The fourth-order valence-corrected chi connectivity index (χ4v) is 3.76. The van der Waals surface area contributed by atoms with Gasteiger partial charge in [-0.05, 0) is 12.8 Å². The molecule has 1 aromatic rings. The van der Waals surface area contributed by atoms with E-state index in [9.17, 15) is 4.79 Å². The van der Waals surface area contributed by atoms with Crippen LogP contribution in [-0.4, -0.2) is 78.6 Å². The van der Waals surface area contributed by atoms with Crippen LogP contribution < -0.4 is 0 Å². The standard InChI is InChI=1S/C17H28N4O3/c1-19(2)16(22)11-23-13-17-5-7-24-15(17)4-6-21(12-17)10-14-8-18-20(3)9-14/h8-9,15H,4-7,10-13H2,1-3H3/t15-,17+/m0/s1. The van der Waals surface area contributed by atoms with E-state index in [4.69, 9.17) is 9.47 Å². The van der Waals surface area contributed by atoms with Crippen molar-refractivity contribution in [3.63, 3.8) is 0 Å². The lowest BCUT2D eigenvalue weighted by Crippen LogP contribution is -2.51. The quantitative estimate of drug-likeness (QED) is 0.757. The molecule has 2 aliphatic heterocycles. The minimum atomic E-state index is 0.00453. The number of amides is 1. The number of rotatable bonds is 6. The average molecular weight is 336 g/mol. The number of ether oxygens (including phenoxy) is 2. The number of nitrogens with zero attached hydrogens (tertiary/aromatic N) is 4. The third kappa shape index (κ3) is 3.79. The van der Waals surface area contributed by atoms with Crippen LogP contribution in [0.25, 0.3) is 0 Å². The number of hydrogen-bond acceptors (Lipinski definition) is 5. The predicted octanol–water partition coefficient (Wildman–Crippen LogP) is 0.506. The molecule has 0 radical (unpaired) electrons. The van der Waals surface area contributed by atoms with Gasteiger partial charge in [0.05, 0.1) is 18.9 Å². The number of carbonyl (C=O) groups excluding carboxylic acids is 1. The first-order chi connectivity index (χ1) is 11.5. The van der Waals surface area contributed by atoms with Crippen LogP contribution in [0.2, 0.25) is 0 Å². The first kappa shape index (κ1) is 17.4. The summed E-state index contributed by atoms with van der Waals surface area (Å²) in [6.45, 7) is 4.39. The minimum absolute atomic E-state index is 0.00453. The van der Waals surface area contributed by atoms with Gasteiger partial charge in [-0.2, -0.15) is 5.10 Å². The van der Waals surface area contributed by atoms with E-state index in [0.717, 1.165) is 39.1 Å². The smallest absolute Gasteiger partial charge is 0.248 e. The van der Waals surface area contributed by atoms with E-state index >= 15 is 0 Å². The van der Waals surface area contributed by atoms with Crippen molar-refractivity contribution in [3.8, 4) is 0 Å². The fraction of sp³-hybridized carbons (Fsp3) is 0.765. The van der Waals surface area contributed by atoms with Gasteiger partial charge in [0.25, 0.3) is 0 Å². The zero-order valence-electron chi connectivity index (χ0n) is 14.9. The minimum Gasteiger partial charge on any atom is -0.377 e. The van der Waals surface area contributed by atoms with Crippen LogP contribution in [0.4, 0.5) is 0 Å². The highest BCUT2D eigenvalue weighted by Crippen LogP contribution is 2.41. The average Bonchev–Trinajstić information content (AvgIpc) is 3.13. The molecule has 0 bridgehead atoms. The summed E-state index contributed by atoms with van der Waals surface area (Å²) in [5.74, 6) is 0.00453. The van der Waals surface area contributed by atoms with Crippen molar-refractivity contribution < 1.29 is 14.3 Å². The van der Waals surface area contributed by atoms with Crippen LogP contribution in [0.5, 0.6) is 0 Å². The molecule has 134 valence electrons. The summed E-state index contributed by atoms with van der Waals surface area (Å²) in [4.78, 5) is 15.8. The highest BCUT2D eigenvalue weighted by Gasteiger charge is 2.48. The Bertz CT molecular complexity index is 574. The van der Waals surface area contributed by atoms with Crippen LogP contribution in [0.3, 0.4) is 0 Å². The molecule has 2 aliphatic rings. The van der Waals surface area contributed by atoms with Gasteiger partial charge in [0.1, 0.15) is 6.61 Å². The van der Waals surface area contributed by atoms with Crippen molar-refractivity contribution in [1.29, 1.82) is 0 Å². The van der Waals surface area contributed by atoms with Gasteiger partial charge in [0.2, 0.25) is 5.91 Å². The molecule has 0 spiro atoms. The van der Waals surface area contributed by atoms with Crippen molar-refractivity contribution in [1.82, 2.24) is 19.6 Å². The summed E-state index contributed by atoms with van der Waals surface area (Å²) < 4.78 is 13.6. The topological polar surface area (TPSA) is 59.8 Å². The Hall–Kier alpha value is -1.44. The summed E-state index contributed by atoms with van der Waals surface area (Å²) >= 11 is 0. The second-order valence-corrected chi connectivity index (χ2v) is 7.27. The number of piperidine rings is 1. The molecule has 2 fully saturated rings. The normalized spacial score (nSPS) is 27.2. The van der Waals surface area contributed by atoms with Crippen molar-refractivity contribution >= 4 is 5.91 Å². The van der Waals surface area contributed by atoms with Crippen LogP contribution in [0.15, 0.2) is 12.4 Å². The molecule has 24 heavy (non-hydrogen) atoms. The zero-order valence-corrected chi connectivity index (χ0v) is 14.9. The van der Waals surface area contributed by atoms with Gasteiger partial charge >= 0.3 is 0 Å². The summed E-state index contributed by atoms with van der Waals surface area (Å²) in [6.07, 6.45) is 6.26. The third-order valence-corrected chi connectivity index (χ3v) is 5.13. The Labute approximate surface area is 143 Å². The van der Waals surface area contributed by atoms with E-state index in [1.807, 2.05) is 17.9 Å². The van der Waals surface area contributed by atoms with Gasteiger partial charge in [0.15, 0.2) is 0 Å². The van der Waals surface area contributed by atoms with E-state index in [2.05, 4.69) is 16.2 Å². The molecule has 0 unspecified atom stereocenters. The summed E-state index contributed by atoms with van der Waals surface area (Å²) in [5, 5.41) is 4.25. The monoisotopic (exact) mass is 336 g/mol. The molecular formula is C17H28N4O3. The lowest BCUT2D eigenvalue weighted by Gasteiger charge is -2.43. The van der Waals surface area contributed by atoms with Gasteiger partial charge in [-0.3, -0.25) is 14.4 Å². The van der Waals surface area contributed by atoms with Gasteiger partial charge in [-0.25, -0.2) is 0 Å². The molecule has 0 aliphatic carbocycles. The maximum Gasteiger partial charge on any atom is 0.248 e. The molecule has 0 aromatic carbocycles.